The third kappa shape index (κ3) is 6.83. The van der Waals surface area contributed by atoms with Crippen molar-refractivity contribution in [3.63, 3.8) is 0 Å². The average Bonchev–Trinajstić information content (AvgIpc) is 2.90. The van der Waals surface area contributed by atoms with Gasteiger partial charge in [0.2, 0.25) is 0 Å². The van der Waals surface area contributed by atoms with Crippen LogP contribution >= 0.6 is 0 Å². The lowest BCUT2D eigenvalue weighted by molar-refractivity contribution is 0.157. The van der Waals surface area contributed by atoms with E-state index in [4.69, 9.17) is 0 Å². The van der Waals surface area contributed by atoms with Gasteiger partial charge in [-0.25, -0.2) is 8.78 Å². The molecular formula is C33H44F2. The average molecular weight is 479 g/mol. The Morgan fingerprint density at radius 1 is 0.743 bits per heavy atom. The molecule has 0 bridgehead atoms. The SMILES string of the molecule is C=CCCc1ccc(C2CCC(C3CCC(CCc4ccc(CCC)c(F)c4F)CC3)CC2)cc1. The Bertz CT molecular complexity index is 928. The Morgan fingerprint density at radius 3 is 1.89 bits per heavy atom. The summed E-state index contributed by atoms with van der Waals surface area (Å²) in [7, 11) is 0. The summed E-state index contributed by atoms with van der Waals surface area (Å²) in [5, 5.41) is 0. The smallest absolute Gasteiger partial charge is 0.162 e. The van der Waals surface area contributed by atoms with E-state index in [-0.39, 0.29) is 0 Å². The normalized spacial score (nSPS) is 24.9. The van der Waals surface area contributed by atoms with Gasteiger partial charge in [0.25, 0.3) is 0 Å². The van der Waals surface area contributed by atoms with Crippen LogP contribution in [0.15, 0.2) is 49.1 Å². The fourth-order valence-electron chi connectivity index (χ4n) is 6.74. The minimum atomic E-state index is -0.618. The summed E-state index contributed by atoms with van der Waals surface area (Å²) in [6.45, 7) is 5.82. The van der Waals surface area contributed by atoms with E-state index < -0.39 is 11.6 Å². The first-order valence-corrected chi connectivity index (χ1v) is 14.2. The maximum Gasteiger partial charge on any atom is 0.162 e. The molecule has 0 radical (unpaired) electrons. The van der Waals surface area contributed by atoms with Gasteiger partial charge >= 0.3 is 0 Å². The molecule has 0 saturated heterocycles. The van der Waals surface area contributed by atoms with E-state index in [9.17, 15) is 8.78 Å². The number of halogens is 2. The van der Waals surface area contributed by atoms with E-state index in [1.807, 2.05) is 19.1 Å². The monoisotopic (exact) mass is 478 g/mol. The van der Waals surface area contributed by atoms with Crippen LogP contribution in [0.5, 0.6) is 0 Å². The number of allylic oxidation sites excluding steroid dienone is 1. The van der Waals surface area contributed by atoms with E-state index in [2.05, 4.69) is 30.8 Å². The van der Waals surface area contributed by atoms with Gasteiger partial charge in [-0.05, 0) is 117 Å². The first kappa shape index (κ1) is 26.1. The number of aryl methyl sites for hydroxylation is 3. The predicted molar refractivity (Wildman–Crippen MR) is 144 cm³/mol. The molecule has 0 atom stereocenters. The van der Waals surface area contributed by atoms with Crippen LogP contribution in [0.25, 0.3) is 0 Å². The van der Waals surface area contributed by atoms with Gasteiger partial charge in [0.1, 0.15) is 0 Å². The van der Waals surface area contributed by atoms with Gasteiger partial charge in [0.15, 0.2) is 11.6 Å². The van der Waals surface area contributed by atoms with Crippen molar-refractivity contribution in [3.8, 4) is 0 Å². The minimum Gasteiger partial charge on any atom is -0.203 e. The molecule has 2 aliphatic rings. The zero-order chi connectivity index (χ0) is 24.6. The summed E-state index contributed by atoms with van der Waals surface area (Å²) < 4.78 is 28.8. The van der Waals surface area contributed by atoms with E-state index in [0.717, 1.165) is 43.4 Å². The predicted octanol–water partition coefficient (Wildman–Crippen LogP) is 9.75. The quantitative estimate of drug-likeness (QED) is 0.298. The van der Waals surface area contributed by atoms with Crippen LogP contribution in [-0.2, 0) is 19.3 Å². The molecule has 0 nitrogen and oxygen atoms in total. The lowest BCUT2D eigenvalue weighted by atomic mass is 9.68. The molecule has 2 aromatic rings. The molecular weight excluding hydrogens is 434 g/mol. The van der Waals surface area contributed by atoms with Crippen molar-refractivity contribution in [2.24, 2.45) is 17.8 Å². The zero-order valence-electron chi connectivity index (χ0n) is 21.7. The Labute approximate surface area is 212 Å². The van der Waals surface area contributed by atoms with Gasteiger partial charge in [0.05, 0.1) is 0 Å². The van der Waals surface area contributed by atoms with Gasteiger partial charge in [-0.2, -0.15) is 0 Å². The molecule has 2 aromatic carbocycles. The van der Waals surface area contributed by atoms with Crippen LogP contribution in [0.2, 0.25) is 0 Å². The first-order valence-electron chi connectivity index (χ1n) is 14.2. The van der Waals surface area contributed by atoms with Crippen molar-refractivity contribution in [1.29, 1.82) is 0 Å². The fraction of sp³-hybridized carbons (Fsp3) is 0.576. The largest absolute Gasteiger partial charge is 0.203 e. The highest BCUT2D eigenvalue weighted by Gasteiger charge is 2.31. The lowest BCUT2D eigenvalue weighted by Gasteiger charge is -2.38. The molecule has 2 fully saturated rings. The van der Waals surface area contributed by atoms with E-state index in [1.54, 1.807) is 6.07 Å². The Balaban J connectivity index is 1.19. The second-order valence-electron chi connectivity index (χ2n) is 11.3. The van der Waals surface area contributed by atoms with Crippen molar-refractivity contribution in [2.45, 2.75) is 103 Å². The third-order valence-corrected chi connectivity index (χ3v) is 9.00. The highest BCUT2D eigenvalue weighted by Crippen LogP contribution is 2.44. The maximum atomic E-state index is 14.5. The van der Waals surface area contributed by atoms with Gasteiger partial charge < -0.3 is 0 Å². The number of hydrogen-bond donors (Lipinski definition) is 0. The third-order valence-electron chi connectivity index (χ3n) is 9.00. The standard InChI is InChI=1S/C33H44F2/c1-3-5-7-24-8-13-26(14-9-24)28-18-20-29(21-19-28)27-15-10-25(11-16-27)12-17-31-23-22-30(6-4-2)32(34)33(31)35/h3,8-9,13-14,22-23,25,27-29H,1,4-7,10-12,15-21H2,2H3. The molecule has 2 heteroatoms. The first-order chi connectivity index (χ1) is 17.1. The number of rotatable bonds is 10. The van der Waals surface area contributed by atoms with E-state index in [0.29, 0.717) is 29.9 Å². The molecule has 2 aliphatic carbocycles. The van der Waals surface area contributed by atoms with Crippen LogP contribution in [-0.4, -0.2) is 0 Å². The zero-order valence-corrected chi connectivity index (χ0v) is 21.7. The summed E-state index contributed by atoms with van der Waals surface area (Å²) in [6.07, 6.45) is 17.8. The maximum absolute atomic E-state index is 14.5. The Kier molecular flexibility index (Phi) is 9.58. The minimum absolute atomic E-state index is 0.518. The summed E-state index contributed by atoms with van der Waals surface area (Å²) in [5.41, 5.74) is 4.03. The van der Waals surface area contributed by atoms with Crippen molar-refractivity contribution in [1.82, 2.24) is 0 Å². The summed E-state index contributed by atoms with van der Waals surface area (Å²) in [5.74, 6) is 1.93. The van der Waals surface area contributed by atoms with Crippen LogP contribution in [0.4, 0.5) is 8.78 Å². The van der Waals surface area contributed by atoms with Crippen LogP contribution in [0.1, 0.15) is 106 Å². The summed E-state index contributed by atoms with van der Waals surface area (Å²) in [4.78, 5) is 0. The van der Waals surface area contributed by atoms with E-state index >= 15 is 0 Å². The second kappa shape index (κ2) is 12.8. The molecule has 4 rings (SSSR count). The second-order valence-corrected chi connectivity index (χ2v) is 11.3. The molecule has 0 aliphatic heterocycles. The van der Waals surface area contributed by atoms with Crippen LogP contribution in [0.3, 0.4) is 0 Å². The Morgan fingerprint density at radius 2 is 1.31 bits per heavy atom. The van der Waals surface area contributed by atoms with Crippen molar-refractivity contribution < 1.29 is 8.78 Å². The van der Waals surface area contributed by atoms with Gasteiger partial charge in [-0.3, -0.25) is 0 Å². The molecule has 190 valence electrons. The van der Waals surface area contributed by atoms with Gasteiger partial charge in [-0.1, -0.05) is 68.7 Å². The summed E-state index contributed by atoms with van der Waals surface area (Å²) >= 11 is 0. The molecule has 0 heterocycles. The van der Waals surface area contributed by atoms with E-state index in [1.165, 1.54) is 62.5 Å². The van der Waals surface area contributed by atoms with Crippen molar-refractivity contribution in [3.05, 3.63) is 82.9 Å². The van der Waals surface area contributed by atoms with Crippen LogP contribution in [0, 0.1) is 29.4 Å². The molecule has 0 spiro atoms. The molecule has 0 aromatic heterocycles. The topological polar surface area (TPSA) is 0 Å². The number of hydrogen-bond acceptors (Lipinski definition) is 0. The van der Waals surface area contributed by atoms with Crippen molar-refractivity contribution >= 4 is 0 Å². The Hall–Kier alpha value is -1.96. The fourth-order valence-corrected chi connectivity index (χ4v) is 6.74. The molecule has 0 unspecified atom stereocenters. The highest BCUT2D eigenvalue weighted by atomic mass is 19.2. The number of benzene rings is 2. The van der Waals surface area contributed by atoms with Crippen molar-refractivity contribution in [2.75, 3.05) is 0 Å². The van der Waals surface area contributed by atoms with Crippen LogP contribution < -0.4 is 0 Å². The molecule has 0 N–H and O–H groups in total. The molecule has 0 amide bonds. The van der Waals surface area contributed by atoms with Gasteiger partial charge in [-0.15, -0.1) is 6.58 Å². The van der Waals surface area contributed by atoms with Gasteiger partial charge in [0, 0.05) is 0 Å². The molecule has 35 heavy (non-hydrogen) atoms. The molecule has 2 saturated carbocycles. The highest BCUT2D eigenvalue weighted by molar-refractivity contribution is 5.27. The lowest BCUT2D eigenvalue weighted by Crippen LogP contribution is -2.25. The summed E-state index contributed by atoms with van der Waals surface area (Å²) in [6, 6.07) is 13.0.